The fraction of sp³-hybridized carbons (Fsp3) is 1.00. The molecule has 0 nitrogen and oxygen atoms in total. The van der Waals surface area contributed by atoms with Gasteiger partial charge >= 0.3 is 27.1 Å². The Bertz CT molecular complexity index is 260. The fourth-order valence-corrected chi connectivity index (χ4v) is 1.11. The number of alkyl halides is 12. The lowest BCUT2D eigenvalue weighted by atomic mass is 10.1. The maximum absolute atomic E-state index is 12.8. The summed E-state index contributed by atoms with van der Waals surface area (Å²) in [4.78, 5) is 0. The second-order valence-electron chi connectivity index (χ2n) is 2.72. The molecule has 12 heteroatoms. The highest BCUT2D eigenvalue weighted by atomic mass is 127. The van der Waals surface area contributed by atoms with Gasteiger partial charge in [-0.25, -0.2) is 8.78 Å². The van der Waals surface area contributed by atoms with Gasteiger partial charge in [0.25, 0.3) is 0 Å². The highest BCUT2D eigenvalue weighted by Gasteiger charge is 2.84. The molecule has 0 aliphatic rings. The van der Waals surface area contributed by atoms with Crippen LogP contribution < -0.4 is 0 Å². The van der Waals surface area contributed by atoms with Gasteiger partial charge in [-0.3, -0.25) is 0 Å². The molecule has 0 radical (unpaired) electrons. The molecule has 0 aromatic rings. The summed E-state index contributed by atoms with van der Waals surface area (Å²) in [5.74, 6) is -6.73. The summed E-state index contributed by atoms with van der Waals surface area (Å²) in [6.45, 7) is 0. The predicted molar refractivity (Wildman–Crippen MR) is 44.6 cm³/mol. The average Bonchev–Trinajstić information content (AvgIpc) is 1.98. The van der Waals surface area contributed by atoms with Crippen LogP contribution in [-0.4, -0.2) is 27.1 Å². The highest BCUT2D eigenvalue weighted by Crippen LogP contribution is 2.60. The minimum atomic E-state index is -6.78. The van der Waals surface area contributed by atoms with Crippen LogP contribution in [0.1, 0.15) is 0 Å². The number of halogens is 12. The molecule has 2 atom stereocenters. The van der Waals surface area contributed by atoms with Crippen LogP contribution in [0.5, 0.6) is 0 Å². The van der Waals surface area contributed by atoms with Crippen molar-refractivity contribution in [2.24, 2.45) is 0 Å². The van der Waals surface area contributed by atoms with Crippen molar-refractivity contribution in [3.05, 3.63) is 0 Å². The van der Waals surface area contributed by atoms with Gasteiger partial charge in [0, 0.05) is 0 Å². The zero-order chi connectivity index (χ0) is 14.5. The largest absolute Gasteiger partial charge is 0.458 e. The van der Waals surface area contributed by atoms with Crippen LogP contribution in [0.4, 0.5) is 43.9 Å². The first kappa shape index (κ1) is 17.3. The summed E-state index contributed by atoms with van der Waals surface area (Å²) in [6, 6.07) is 0. The van der Waals surface area contributed by atoms with Crippen LogP contribution in [0.3, 0.4) is 0 Å². The molecule has 0 aliphatic carbocycles. The van der Waals surface area contributed by atoms with Crippen LogP contribution >= 0.6 is 34.2 Å². The summed E-state index contributed by atoms with van der Waals surface area (Å²) in [6.07, 6.45) is -13.1. The Kier molecular flexibility index (Phi) is 4.25. The highest BCUT2D eigenvalue weighted by molar-refractivity contribution is 14.1. The predicted octanol–water partition coefficient (Wildman–Crippen LogP) is 4.75. The third kappa shape index (κ3) is 2.54. The van der Waals surface area contributed by atoms with E-state index in [1.54, 1.807) is 0 Å². The summed E-state index contributed by atoms with van der Waals surface area (Å²) >= 11 is 3.26. The summed E-state index contributed by atoms with van der Waals surface area (Å²) in [5, 5.41) is -6.03. The van der Waals surface area contributed by atoms with E-state index in [0.29, 0.717) is 0 Å². The van der Waals surface area contributed by atoms with Crippen molar-refractivity contribution in [1.29, 1.82) is 0 Å². The Morgan fingerprint density at radius 2 is 0.941 bits per heavy atom. The zero-order valence-corrected chi connectivity index (χ0v) is 9.95. The maximum Gasteiger partial charge on any atom is 0.458 e. The molecule has 2 unspecified atom stereocenters. The lowest BCUT2D eigenvalue weighted by Gasteiger charge is -2.37. The van der Waals surface area contributed by atoms with Gasteiger partial charge in [-0.05, 0) is 22.6 Å². The Hall–Kier alpha value is 0.320. The van der Waals surface area contributed by atoms with Crippen molar-refractivity contribution >= 4 is 34.2 Å². The van der Waals surface area contributed by atoms with Gasteiger partial charge in [0.05, 0.1) is 0 Å². The molecule has 0 aromatic carbocycles. The monoisotopic (exact) mass is 412 g/mol. The minimum absolute atomic E-state index is 0.588. The summed E-state index contributed by atoms with van der Waals surface area (Å²) < 4.78 is 115. The van der Waals surface area contributed by atoms with Crippen molar-refractivity contribution in [2.75, 3.05) is 0 Å². The van der Waals surface area contributed by atoms with Crippen LogP contribution in [0.2, 0.25) is 0 Å². The van der Waals surface area contributed by atoms with E-state index in [0.717, 1.165) is 0 Å². The van der Waals surface area contributed by atoms with Gasteiger partial charge in [-0.2, -0.15) is 35.1 Å². The molecule has 0 aromatic heterocycles. The first-order valence-electron chi connectivity index (χ1n) is 3.27. The molecule has 0 heterocycles. The normalized spacial score (nSPS) is 21.9. The second kappa shape index (κ2) is 4.17. The molecule has 0 spiro atoms. The van der Waals surface area contributed by atoms with Crippen molar-refractivity contribution < 1.29 is 43.9 Å². The molecule has 0 rings (SSSR count). The van der Waals surface area contributed by atoms with Gasteiger partial charge in [0.2, 0.25) is 0 Å². The standard InChI is InChI=1S/C5ClF10I/c6-1(7,2(8,9)4(11,12)13)3(10,17)5(14,15)16. The zero-order valence-electron chi connectivity index (χ0n) is 7.04. The molecule has 0 bridgehead atoms. The average molecular weight is 412 g/mol. The van der Waals surface area contributed by atoms with Gasteiger partial charge in [0.1, 0.15) is 0 Å². The Labute approximate surface area is 105 Å². The van der Waals surface area contributed by atoms with Gasteiger partial charge in [-0.1, -0.05) is 11.6 Å². The van der Waals surface area contributed by atoms with Gasteiger partial charge in [-0.15, -0.1) is 0 Å². The lowest BCUT2D eigenvalue weighted by molar-refractivity contribution is -0.338. The quantitative estimate of drug-likeness (QED) is 0.349. The van der Waals surface area contributed by atoms with E-state index < -0.39 is 49.7 Å². The Morgan fingerprint density at radius 3 is 1.12 bits per heavy atom. The number of hydrogen-bond donors (Lipinski definition) is 0. The van der Waals surface area contributed by atoms with Crippen molar-refractivity contribution in [2.45, 2.75) is 27.1 Å². The molecular formula is C5ClF10I. The molecule has 0 N–H and O–H groups in total. The molecular weight excluding hydrogens is 412 g/mol. The van der Waals surface area contributed by atoms with E-state index in [4.69, 9.17) is 0 Å². The van der Waals surface area contributed by atoms with Crippen molar-refractivity contribution in [3.63, 3.8) is 0 Å². The molecule has 104 valence electrons. The van der Waals surface area contributed by atoms with E-state index >= 15 is 0 Å². The SMILES string of the molecule is FC(F)(F)C(F)(F)C(F)(Cl)C(F)(I)C(F)(F)F. The first-order valence-corrected chi connectivity index (χ1v) is 4.72. The van der Waals surface area contributed by atoms with Crippen LogP contribution in [-0.2, 0) is 0 Å². The first-order chi connectivity index (χ1) is 7.00. The topological polar surface area (TPSA) is 0 Å². The summed E-state index contributed by atoms with van der Waals surface area (Å²) in [5.41, 5.74) is 0. The third-order valence-electron chi connectivity index (χ3n) is 1.50. The molecule has 0 amide bonds. The second-order valence-corrected chi connectivity index (χ2v) is 4.73. The third-order valence-corrected chi connectivity index (χ3v) is 3.67. The fourth-order valence-electron chi connectivity index (χ4n) is 0.553. The van der Waals surface area contributed by atoms with Crippen molar-refractivity contribution in [1.82, 2.24) is 0 Å². The van der Waals surface area contributed by atoms with Gasteiger partial charge < -0.3 is 0 Å². The molecule has 17 heavy (non-hydrogen) atoms. The maximum atomic E-state index is 12.8. The Morgan fingerprint density at radius 1 is 0.647 bits per heavy atom. The molecule has 0 saturated carbocycles. The summed E-state index contributed by atoms with van der Waals surface area (Å²) in [7, 11) is 0. The molecule has 0 aliphatic heterocycles. The molecule has 0 fully saturated rings. The van der Waals surface area contributed by atoms with Crippen LogP contribution in [0.25, 0.3) is 0 Å². The number of hydrogen-bond acceptors (Lipinski definition) is 0. The van der Waals surface area contributed by atoms with E-state index in [1.807, 2.05) is 0 Å². The molecule has 0 saturated heterocycles. The van der Waals surface area contributed by atoms with Crippen LogP contribution in [0, 0.1) is 0 Å². The number of rotatable bonds is 2. The van der Waals surface area contributed by atoms with Crippen molar-refractivity contribution in [3.8, 4) is 0 Å². The van der Waals surface area contributed by atoms with E-state index in [2.05, 4.69) is 11.6 Å². The van der Waals surface area contributed by atoms with E-state index in [9.17, 15) is 43.9 Å². The van der Waals surface area contributed by atoms with E-state index in [-0.39, 0.29) is 0 Å². The lowest BCUT2D eigenvalue weighted by Crippen LogP contribution is -2.64. The minimum Gasteiger partial charge on any atom is -0.217 e. The Balaban J connectivity index is 5.73. The van der Waals surface area contributed by atoms with Crippen LogP contribution in [0.15, 0.2) is 0 Å². The van der Waals surface area contributed by atoms with E-state index in [1.165, 1.54) is 0 Å². The van der Waals surface area contributed by atoms with Gasteiger partial charge in [0.15, 0.2) is 0 Å². The smallest absolute Gasteiger partial charge is 0.217 e.